The molecule has 0 saturated carbocycles. The van der Waals surface area contributed by atoms with Gasteiger partial charge >= 0.3 is 6.03 Å². The second-order valence-corrected chi connectivity index (χ2v) is 3.44. The number of thioether (sulfide) groups is 1. The number of amides is 2. The molecule has 1 aromatic rings. The summed E-state index contributed by atoms with van der Waals surface area (Å²) in [4.78, 5) is 16.5. The number of carbonyl (C=O) groups is 1. The largest absolute Gasteiger partial charge is 0.481 e. The first-order valence-corrected chi connectivity index (χ1v) is 4.74. The van der Waals surface area contributed by atoms with E-state index < -0.39 is 6.03 Å². The van der Waals surface area contributed by atoms with Crippen LogP contribution in [0.2, 0.25) is 0 Å². The minimum atomic E-state index is -0.511. The highest BCUT2D eigenvalue weighted by Crippen LogP contribution is 2.40. The number of pyridine rings is 1. The molecular formula is C8H8N3O2S. The smallest absolute Gasteiger partial charge is 0.320 e. The van der Waals surface area contributed by atoms with Crippen molar-refractivity contribution in [2.45, 2.75) is 5.03 Å². The van der Waals surface area contributed by atoms with Crippen molar-refractivity contribution < 1.29 is 9.53 Å². The number of nitrogens with two attached hydrogens (primary N) is 1. The molecule has 0 unspecified atom stereocenters. The van der Waals surface area contributed by atoms with E-state index in [-0.39, 0.29) is 0 Å². The van der Waals surface area contributed by atoms with E-state index in [1.807, 2.05) is 0 Å². The van der Waals surface area contributed by atoms with Crippen LogP contribution >= 0.6 is 11.8 Å². The van der Waals surface area contributed by atoms with Gasteiger partial charge in [-0.3, -0.25) is 4.90 Å². The van der Waals surface area contributed by atoms with Crippen LogP contribution in [0.5, 0.6) is 5.88 Å². The second-order valence-electron chi connectivity index (χ2n) is 2.61. The summed E-state index contributed by atoms with van der Waals surface area (Å²) < 4.78 is 4.96. The normalized spacial score (nSPS) is 13.9. The Balaban J connectivity index is 2.38. The third kappa shape index (κ3) is 1.37. The lowest BCUT2D eigenvalue weighted by Gasteiger charge is -2.11. The molecule has 1 aliphatic rings. The van der Waals surface area contributed by atoms with Crippen molar-refractivity contribution in [1.82, 2.24) is 4.98 Å². The minimum Gasteiger partial charge on any atom is -0.481 e. The van der Waals surface area contributed by atoms with Gasteiger partial charge in [0.1, 0.15) is 10.9 Å². The number of hydrogen-bond donors (Lipinski definition) is 1. The van der Waals surface area contributed by atoms with E-state index in [2.05, 4.69) is 4.98 Å². The van der Waals surface area contributed by atoms with Crippen LogP contribution in [0, 0.1) is 5.88 Å². The third-order valence-corrected chi connectivity index (χ3v) is 2.63. The average Bonchev–Trinajstić information content (AvgIpc) is 2.59. The van der Waals surface area contributed by atoms with Gasteiger partial charge in [0, 0.05) is 6.07 Å². The zero-order valence-electron chi connectivity index (χ0n) is 7.43. The maximum Gasteiger partial charge on any atom is 0.320 e. The summed E-state index contributed by atoms with van der Waals surface area (Å²) in [6, 6.07) is 2.93. The monoisotopic (exact) mass is 210 g/mol. The number of anilines is 1. The highest BCUT2D eigenvalue weighted by atomic mass is 32.2. The van der Waals surface area contributed by atoms with Crippen molar-refractivity contribution in [2.24, 2.45) is 5.73 Å². The van der Waals surface area contributed by atoms with E-state index >= 15 is 0 Å². The first-order valence-electron chi connectivity index (χ1n) is 3.86. The molecule has 6 heteroatoms. The third-order valence-electron chi connectivity index (χ3n) is 1.79. The number of aromatic nitrogens is 1. The Morgan fingerprint density at radius 1 is 1.64 bits per heavy atom. The Bertz CT molecular complexity index is 383. The van der Waals surface area contributed by atoms with Crippen molar-refractivity contribution >= 4 is 23.5 Å². The summed E-state index contributed by atoms with van der Waals surface area (Å²) >= 11 is 1.34. The molecule has 2 heterocycles. The van der Waals surface area contributed by atoms with Crippen molar-refractivity contribution in [1.29, 1.82) is 0 Å². The number of nitrogens with zero attached hydrogens (tertiary/aromatic N) is 2. The molecule has 2 N–H and O–H groups in total. The molecule has 1 aliphatic heterocycles. The fourth-order valence-corrected chi connectivity index (χ4v) is 1.98. The van der Waals surface area contributed by atoms with Gasteiger partial charge in [0.2, 0.25) is 5.88 Å². The van der Waals surface area contributed by atoms with Gasteiger partial charge in [-0.25, -0.2) is 9.78 Å². The minimum absolute atomic E-state index is 0.511. The fourth-order valence-electron chi connectivity index (χ4n) is 1.13. The van der Waals surface area contributed by atoms with Gasteiger partial charge in [-0.2, -0.15) is 0 Å². The van der Waals surface area contributed by atoms with Crippen molar-refractivity contribution in [3.63, 3.8) is 0 Å². The highest BCUT2D eigenvalue weighted by Gasteiger charge is 2.25. The molecule has 14 heavy (non-hydrogen) atoms. The number of fused-ring (bicyclic) bond motifs is 1. The number of urea groups is 1. The molecule has 2 rings (SSSR count). The molecule has 0 fully saturated rings. The zero-order valence-corrected chi connectivity index (χ0v) is 8.25. The van der Waals surface area contributed by atoms with Gasteiger partial charge in [-0.1, -0.05) is 11.8 Å². The molecular weight excluding hydrogens is 202 g/mol. The number of rotatable bonds is 1. The number of hydrogen-bond acceptors (Lipinski definition) is 4. The van der Waals surface area contributed by atoms with Crippen molar-refractivity contribution in [2.75, 3.05) is 12.0 Å². The summed E-state index contributed by atoms with van der Waals surface area (Å²) in [5.41, 5.74) is 5.86. The fraction of sp³-hybridized carbons (Fsp3) is 0.125. The van der Waals surface area contributed by atoms with E-state index in [0.29, 0.717) is 11.6 Å². The van der Waals surface area contributed by atoms with E-state index in [0.717, 1.165) is 5.03 Å². The molecule has 0 atom stereocenters. The van der Waals surface area contributed by atoms with Gasteiger partial charge in [-0.05, 0) is 6.07 Å². The predicted molar refractivity (Wildman–Crippen MR) is 53.0 cm³/mol. The van der Waals surface area contributed by atoms with Crippen LogP contribution in [0.25, 0.3) is 0 Å². The average molecular weight is 210 g/mol. The lowest BCUT2D eigenvalue weighted by Crippen LogP contribution is -2.30. The molecule has 0 bridgehead atoms. The summed E-state index contributed by atoms with van der Waals surface area (Å²) in [5, 5.41) is 0.725. The topological polar surface area (TPSA) is 68.4 Å². The van der Waals surface area contributed by atoms with Crippen LogP contribution < -0.4 is 15.4 Å². The first kappa shape index (κ1) is 9.14. The molecule has 1 radical (unpaired) electrons. The summed E-state index contributed by atoms with van der Waals surface area (Å²) in [5.74, 6) is 2.15. The molecule has 0 spiro atoms. The van der Waals surface area contributed by atoms with Gasteiger partial charge in [0.15, 0.2) is 0 Å². The number of carbonyl (C=O) groups excluding carboxylic acids is 1. The Labute approximate surface area is 85.2 Å². The SMILES string of the molecule is COc1ccc2c(n1)S[CH]N2C(N)=O. The van der Waals surface area contributed by atoms with Crippen LogP contribution in [0.3, 0.4) is 0 Å². The second kappa shape index (κ2) is 3.38. The van der Waals surface area contributed by atoms with Crippen LogP contribution in [0.15, 0.2) is 17.2 Å². The Kier molecular flexibility index (Phi) is 2.20. The quantitative estimate of drug-likeness (QED) is 0.756. The Hall–Kier alpha value is -1.43. The molecule has 73 valence electrons. The van der Waals surface area contributed by atoms with Crippen LogP contribution in [-0.2, 0) is 0 Å². The molecule has 2 amide bonds. The van der Waals surface area contributed by atoms with Crippen LogP contribution in [0.1, 0.15) is 0 Å². The summed E-state index contributed by atoms with van der Waals surface area (Å²) in [6.45, 7) is 0. The lowest BCUT2D eigenvalue weighted by molar-refractivity contribution is 0.255. The van der Waals surface area contributed by atoms with E-state index in [4.69, 9.17) is 10.5 Å². The molecule has 5 nitrogen and oxygen atoms in total. The van der Waals surface area contributed by atoms with Gasteiger partial charge in [-0.15, -0.1) is 0 Å². The standard InChI is InChI=1S/C8H8N3O2S/c1-13-6-3-2-5-7(10-6)14-4-11(5)8(9)12/h2-4H,1H3,(H2,9,12). The first-order chi connectivity index (χ1) is 6.72. The lowest BCUT2D eigenvalue weighted by atomic mass is 10.4. The predicted octanol–water partition coefficient (Wildman–Crippen LogP) is 1.20. The van der Waals surface area contributed by atoms with Crippen LogP contribution in [-0.4, -0.2) is 18.1 Å². The van der Waals surface area contributed by atoms with E-state index in [1.54, 1.807) is 25.1 Å². The summed E-state index contributed by atoms with van der Waals surface area (Å²) in [7, 11) is 1.55. The van der Waals surface area contributed by atoms with Gasteiger partial charge in [0.25, 0.3) is 0 Å². The summed E-state index contributed by atoms with van der Waals surface area (Å²) in [6.07, 6.45) is 0. The molecule has 0 aromatic carbocycles. The highest BCUT2D eigenvalue weighted by molar-refractivity contribution is 8.01. The van der Waals surface area contributed by atoms with Crippen molar-refractivity contribution in [3.05, 3.63) is 18.0 Å². The maximum absolute atomic E-state index is 11.0. The number of methoxy groups -OCH3 is 1. The Morgan fingerprint density at radius 2 is 2.43 bits per heavy atom. The van der Waals surface area contributed by atoms with E-state index in [1.165, 1.54) is 16.7 Å². The number of ether oxygens (including phenoxy) is 1. The van der Waals surface area contributed by atoms with Crippen LogP contribution in [0.4, 0.5) is 10.5 Å². The van der Waals surface area contributed by atoms with Crippen molar-refractivity contribution in [3.8, 4) is 5.88 Å². The number of primary amides is 1. The molecule has 0 saturated heterocycles. The van der Waals surface area contributed by atoms with E-state index in [9.17, 15) is 4.79 Å². The molecule has 1 aromatic heterocycles. The molecule has 0 aliphatic carbocycles. The zero-order chi connectivity index (χ0) is 10.1. The Morgan fingerprint density at radius 3 is 3.07 bits per heavy atom. The van der Waals surface area contributed by atoms with Gasteiger partial charge in [0.05, 0.1) is 12.8 Å². The van der Waals surface area contributed by atoms with Gasteiger partial charge < -0.3 is 10.5 Å². The maximum atomic E-state index is 11.0.